The van der Waals surface area contributed by atoms with Crippen molar-refractivity contribution in [2.24, 2.45) is 0 Å². The molecule has 0 spiro atoms. The summed E-state index contributed by atoms with van der Waals surface area (Å²) in [6.45, 7) is 4.10. The molecule has 6 heteroatoms. The summed E-state index contributed by atoms with van der Waals surface area (Å²) in [7, 11) is 2.05. The van der Waals surface area contributed by atoms with Crippen LogP contribution in [0.3, 0.4) is 0 Å². The SMILES string of the molecule is Cc1ccnc(N2CCC(N(C)c3ncc(Cl)cn3)CC2)c1. The van der Waals surface area contributed by atoms with E-state index in [1.165, 1.54) is 5.56 Å². The fourth-order valence-electron chi connectivity index (χ4n) is 2.83. The first kappa shape index (κ1) is 15.0. The second-order valence-corrected chi connectivity index (χ2v) is 6.16. The van der Waals surface area contributed by atoms with Crippen molar-refractivity contribution in [2.75, 3.05) is 29.9 Å². The molecule has 2 aromatic rings. The second-order valence-electron chi connectivity index (χ2n) is 5.72. The first-order valence-electron chi connectivity index (χ1n) is 7.51. The molecule has 0 aromatic carbocycles. The standard InChI is InChI=1S/C16H20ClN5/c1-12-3-6-18-15(9-12)22-7-4-14(5-8-22)21(2)16-19-10-13(17)11-20-16/h3,6,9-11,14H,4-5,7-8H2,1-2H3. The molecule has 1 saturated heterocycles. The third-order valence-electron chi connectivity index (χ3n) is 4.16. The van der Waals surface area contributed by atoms with Crippen LogP contribution in [0.4, 0.5) is 11.8 Å². The molecule has 3 rings (SSSR count). The van der Waals surface area contributed by atoms with Crippen LogP contribution in [0.5, 0.6) is 0 Å². The van der Waals surface area contributed by atoms with Crippen LogP contribution in [0.15, 0.2) is 30.7 Å². The van der Waals surface area contributed by atoms with Crippen LogP contribution >= 0.6 is 11.6 Å². The summed E-state index contributed by atoms with van der Waals surface area (Å²) in [4.78, 5) is 17.6. The summed E-state index contributed by atoms with van der Waals surface area (Å²) >= 11 is 5.84. The Kier molecular flexibility index (Phi) is 4.43. The molecule has 0 atom stereocenters. The van der Waals surface area contributed by atoms with Gasteiger partial charge in [0.05, 0.1) is 17.4 Å². The summed E-state index contributed by atoms with van der Waals surface area (Å²) in [5, 5.41) is 0.567. The number of anilines is 2. The van der Waals surface area contributed by atoms with Crippen molar-refractivity contribution in [1.29, 1.82) is 0 Å². The third-order valence-corrected chi connectivity index (χ3v) is 4.35. The third kappa shape index (κ3) is 3.30. The van der Waals surface area contributed by atoms with E-state index in [1.54, 1.807) is 12.4 Å². The van der Waals surface area contributed by atoms with E-state index in [1.807, 2.05) is 12.3 Å². The molecule has 0 saturated carbocycles. The molecular formula is C16H20ClN5. The number of hydrogen-bond acceptors (Lipinski definition) is 5. The van der Waals surface area contributed by atoms with Gasteiger partial charge in [-0.2, -0.15) is 0 Å². The molecule has 1 aliphatic heterocycles. The van der Waals surface area contributed by atoms with E-state index in [9.17, 15) is 0 Å². The van der Waals surface area contributed by atoms with E-state index >= 15 is 0 Å². The molecule has 0 aliphatic carbocycles. The van der Waals surface area contributed by atoms with Crippen LogP contribution in [-0.2, 0) is 0 Å². The molecule has 22 heavy (non-hydrogen) atoms. The molecule has 0 N–H and O–H groups in total. The average Bonchev–Trinajstić information content (AvgIpc) is 2.55. The van der Waals surface area contributed by atoms with Crippen molar-refractivity contribution in [3.63, 3.8) is 0 Å². The van der Waals surface area contributed by atoms with Gasteiger partial charge in [-0.25, -0.2) is 15.0 Å². The lowest BCUT2D eigenvalue weighted by molar-refractivity contribution is 0.475. The Labute approximate surface area is 136 Å². The normalized spacial score (nSPS) is 15.9. The van der Waals surface area contributed by atoms with Crippen LogP contribution in [0, 0.1) is 6.92 Å². The number of aromatic nitrogens is 3. The molecule has 0 amide bonds. The zero-order valence-electron chi connectivity index (χ0n) is 12.9. The Bertz CT molecular complexity index is 623. The molecule has 1 aliphatic rings. The summed E-state index contributed by atoms with van der Waals surface area (Å²) < 4.78 is 0. The molecular weight excluding hydrogens is 298 g/mol. The van der Waals surface area contributed by atoms with Gasteiger partial charge in [-0.05, 0) is 37.5 Å². The highest BCUT2D eigenvalue weighted by molar-refractivity contribution is 6.30. The minimum absolute atomic E-state index is 0.447. The Morgan fingerprint density at radius 2 is 1.86 bits per heavy atom. The topological polar surface area (TPSA) is 45.2 Å². The maximum absolute atomic E-state index is 5.84. The van der Waals surface area contributed by atoms with Crippen LogP contribution in [0.2, 0.25) is 5.02 Å². The lowest BCUT2D eigenvalue weighted by Gasteiger charge is -2.37. The van der Waals surface area contributed by atoms with Gasteiger partial charge < -0.3 is 9.80 Å². The van der Waals surface area contributed by atoms with Gasteiger partial charge in [0.15, 0.2) is 0 Å². The van der Waals surface area contributed by atoms with Gasteiger partial charge in [-0.15, -0.1) is 0 Å². The van der Waals surface area contributed by atoms with Crippen molar-refractivity contribution in [2.45, 2.75) is 25.8 Å². The van der Waals surface area contributed by atoms with Crippen molar-refractivity contribution < 1.29 is 0 Å². The quantitative estimate of drug-likeness (QED) is 0.871. The molecule has 0 radical (unpaired) electrons. The van der Waals surface area contributed by atoms with Crippen LogP contribution in [0.1, 0.15) is 18.4 Å². The van der Waals surface area contributed by atoms with E-state index in [4.69, 9.17) is 11.6 Å². The van der Waals surface area contributed by atoms with Crippen LogP contribution in [-0.4, -0.2) is 41.1 Å². The Balaban J connectivity index is 1.62. The van der Waals surface area contributed by atoms with E-state index < -0.39 is 0 Å². The minimum atomic E-state index is 0.447. The van der Waals surface area contributed by atoms with Gasteiger partial charge in [0, 0.05) is 32.4 Å². The van der Waals surface area contributed by atoms with Gasteiger partial charge in [0.25, 0.3) is 0 Å². The maximum Gasteiger partial charge on any atom is 0.225 e. The van der Waals surface area contributed by atoms with Gasteiger partial charge in [0.2, 0.25) is 5.95 Å². The first-order chi connectivity index (χ1) is 10.6. The number of halogens is 1. The van der Waals surface area contributed by atoms with Crippen molar-refractivity contribution >= 4 is 23.4 Å². The smallest absolute Gasteiger partial charge is 0.225 e. The van der Waals surface area contributed by atoms with Crippen molar-refractivity contribution in [3.05, 3.63) is 41.3 Å². The highest BCUT2D eigenvalue weighted by Gasteiger charge is 2.24. The minimum Gasteiger partial charge on any atom is -0.356 e. The molecule has 3 heterocycles. The van der Waals surface area contributed by atoms with Gasteiger partial charge >= 0.3 is 0 Å². The predicted molar refractivity (Wildman–Crippen MR) is 89.7 cm³/mol. The number of pyridine rings is 1. The summed E-state index contributed by atoms with van der Waals surface area (Å²) in [5.41, 5.74) is 1.25. The zero-order valence-corrected chi connectivity index (χ0v) is 13.7. The summed E-state index contributed by atoms with van der Waals surface area (Å²) in [6.07, 6.45) is 7.30. The number of piperidine rings is 1. The van der Waals surface area contributed by atoms with Crippen molar-refractivity contribution in [1.82, 2.24) is 15.0 Å². The van der Waals surface area contributed by atoms with Gasteiger partial charge in [0.1, 0.15) is 5.82 Å². The Morgan fingerprint density at radius 3 is 2.50 bits per heavy atom. The Morgan fingerprint density at radius 1 is 1.18 bits per heavy atom. The second kappa shape index (κ2) is 6.48. The Hall–Kier alpha value is -1.88. The van der Waals surface area contributed by atoms with E-state index in [0.717, 1.165) is 37.7 Å². The van der Waals surface area contributed by atoms with Gasteiger partial charge in [-0.3, -0.25) is 0 Å². The van der Waals surface area contributed by atoms with Crippen LogP contribution in [0.25, 0.3) is 0 Å². The largest absolute Gasteiger partial charge is 0.356 e. The first-order valence-corrected chi connectivity index (χ1v) is 7.89. The lowest BCUT2D eigenvalue weighted by atomic mass is 10.0. The number of nitrogens with zero attached hydrogens (tertiary/aromatic N) is 5. The fourth-order valence-corrected chi connectivity index (χ4v) is 2.92. The zero-order chi connectivity index (χ0) is 15.5. The summed E-state index contributed by atoms with van der Waals surface area (Å²) in [5.74, 6) is 1.81. The number of hydrogen-bond donors (Lipinski definition) is 0. The fraction of sp³-hybridized carbons (Fsp3) is 0.438. The maximum atomic E-state index is 5.84. The monoisotopic (exact) mass is 317 g/mol. The lowest BCUT2D eigenvalue weighted by Crippen LogP contribution is -2.44. The summed E-state index contributed by atoms with van der Waals surface area (Å²) in [6, 6.07) is 4.62. The van der Waals surface area contributed by atoms with E-state index in [2.05, 4.69) is 44.8 Å². The number of aryl methyl sites for hydroxylation is 1. The van der Waals surface area contributed by atoms with E-state index in [0.29, 0.717) is 11.1 Å². The average molecular weight is 318 g/mol. The molecule has 5 nitrogen and oxygen atoms in total. The number of rotatable bonds is 3. The van der Waals surface area contributed by atoms with Crippen molar-refractivity contribution in [3.8, 4) is 0 Å². The molecule has 0 bridgehead atoms. The highest BCUT2D eigenvalue weighted by atomic mass is 35.5. The molecule has 116 valence electrons. The predicted octanol–water partition coefficient (Wildman–Crippen LogP) is 2.94. The van der Waals surface area contributed by atoms with E-state index in [-0.39, 0.29) is 0 Å². The molecule has 1 fully saturated rings. The molecule has 0 unspecified atom stereocenters. The highest BCUT2D eigenvalue weighted by Crippen LogP contribution is 2.23. The molecule has 2 aromatic heterocycles. The van der Waals surface area contributed by atoms with Crippen LogP contribution < -0.4 is 9.80 Å². The van der Waals surface area contributed by atoms with Gasteiger partial charge in [-0.1, -0.05) is 11.6 Å².